The van der Waals surface area contributed by atoms with Gasteiger partial charge in [-0.25, -0.2) is 9.18 Å². The molecule has 2 rings (SSSR count). The van der Waals surface area contributed by atoms with Crippen molar-refractivity contribution < 1.29 is 23.5 Å². The zero-order valence-electron chi connectivity index (χ0n) is 13.7. The highest BCUT2D eigenvalue weighted by molar-refractivity contribution is 5.97. The van der Waals surface area contributed by atoms with Crippen molar-refractivity contribution in [2.75, 3.05) is 39.2 Å². The van der Waals surface area contributed by atoms with Crippen LogP contribution in [0.5, 0.6) is 0 Å². The molecule has 1 aliphatic rings. The second kappa shape index (κ2) is 8.96. The second-order valence-corrected chi connectivity index (χ2v) is 5.60. The third-order valence-electron chi connectivity index (χ3n) is 4.10. The first-order valence-electron chi connectivity index (χ1n) is 7.41. The Labute approximate surface area is 146 Å². The maximum atomic E-state index is 14.0. The molecule has 1 saturated heterocycles. The molecule has 1 aromatic rings. The van der Waals surface area contributed by atoms with Crippen molar-refractivity contribution in [3.05, 3.63) is 29.6 Å². The van der Waals surface area contributed by atoms with E-state index in [0.717, 1.165) is 6.07 Å². The van der Waals surface area contributed by atoms with E-state index in [1.165, 1.54) is 26.4 Å². The molecular weight excluding hydrogens is 339 g/mol. The molecule has 0 radical (unpaired) electrons. The Morgan fingerprint density at radius 2 is 1.96 bits per heavy atom. The van der Waals surface area contributed by atoms with Crippen LogP contribution in [0.2, 0.25) is 0 Å². The molecule has 1 fully saturated rings. The monoisotopic (exact) mass is 360 g/mol. The van der Waals surface area contributed by atoms with Gasteiger partial charge in [0.15, 0.2) is 0 Å². The van der Waals surface area contributed by atoms with E-state index < -0.39 is 17.2 Å². The zero-order valence-corrected chi connectivity index (χ0v) is 14.5. The molecule has 2 N–H and O–H groups in total. The Kier molecular flexibility index (Phi) is 7.59. The molecule has 0 unspecified atom stereocenters. The number of halogens is 2. The minimum atomic E-state index is -0.701. The van der Waals surface area contributed by atoms with Crippen molar-refractivity contribution in [3.8, 4) is 0 Å². The molecule has 24 heavy (non-hydrogen) atoms. The first-order chi connectivity index (χ1) is 11.0. The molecule has 1 aliphatic heterocycles. The van der Waals surface area contributed by atoms with Crippen LogP contribution in [0.25, 0.3) is 0 Å². The molecule has 0 spiro atoms. The minimum Gasteiger partial charge on any atom is -0.465 e. The first-order valence-corrected chi connectivity index (χ1v) is 7.41. The fraction of sp³-hybridized carbons (Fsp3) is 0.500. The van der Waals surface area contributed by atoms with Crippen molar-refractivity contribution in [2.45, 2.75) is 12.8 Å². The van der Waals surface area contributed by atoms with Gasteiger partial charge in [-0.05, 0) is 44.1 Å². The predicted molar refractivity (Wildman–Crippen MR) is 90.0 cm³/mol. The number of rotatable bonds is 5. The summed E-state index contributed by atoms with van der Waals surface area (Å²) in [6.45, 7) is 1.65. The van der Waals surface area contributed by atoms with E-state index in [0.29, 0.717) is 25.9 Å². The Morgan fingerprint density at radius 3 is 2.54 bits per heavy atom. The Hall–Kier alpha value is -1.70. The van der Waals surface area contributed by atoms with Gasteiger partial charge in [-0.15, -0.1) is 12.4 Å². The number of amides is 1. The van der Waals surface area contributed by atoms with Gasteiger partial charge in [0.1, 0.15) is 5.82 Å². The summed E-state index contributed by atoms with van der Waals surface area (Å²) in [7, 11) is 2.78. The van der Waals surface area contributed by atoms with Crippen LogP contribution in [0.4, 0.5) is 10.1 Å². The summed E-state index contributed by atoms with van der Waals surface area (Å²) in [4.78, 5) is 24.2. The molecule has 0 aliphatic carbocycles. The van der Waals surface area contributed by atoms with Crippen LogP contribution in [0.15, 0.2) is 18.2 Å². The number of nitrogens with one attached hydrogen (secondary N) is 2. The van der Waals surface area contributed by atoms with Gasteiger partial charge in [0.25, 0.3) is 0 Å². The minimum absolute atomic E-state index is 0. The average Bonchev–Trinajstić information content (AvgIpc) is 2.57. The van der Waals surface area contributed by atoms with Crippen LogP contribution in [0.1, 0.15) is 23.2 Å². The highest BCUT2D eigenvalue weighted by Gasteiger charge is 2.40. The van der Waals surface area contributed by atoms with Gasteiger partial charge < -0.3 is 20.1 Å². The van der Waals surface area contributed by atoms with Crippen molar-refractivity contribution in [3.63, 3.8) is 0 Å². The van der Waals surface area contributed by atoms with Crippen molar-refractivity contribution in [2.24, 2.45) is 5.41 Å². The number of hydrogen-bond donors (Lipinski definition) is 2. The third-order valence-corrected chi connectivity index (χ3v) is 4.10. The van der Waals surface area contributed by atoms with Gasteiger partial charge in [-0.2, -0.15) is 0 Å². The molecule has 134 valence electrons. The SMILES string of the molecule is COCC1(C(=O)Nc2cc(C(=O)OC)ccc2F)CCNCC1.Cl. The standard InChI is InChI=1S/C16H21FN2O4.ClH/c1-22-10-16(5-7-18-8-6-16)15(21)19-13-9-11(14(20)23-2)3-4-12(13)17;/h3-4,9,18H,5-8,10H2,1-2H3,(H,19,21);1H. The van der Waals surface area contributed by atoms with E-state index in [4.69, 9.17) is 4.74 Å². The highest BCUT2D eigenvalue weighted by atomic mass is 35.5. The van der Waals surface area contributed by atoms with Crippen LogP contribution < -0.4 is 10.6 Å². The highest BCUT2D eigenvalue weighted by Crippen LogP contribution is 2.31. The topological polar surface area (TPSA) is 76.7 Å². The maximum absolute atomic E-state index is 14.0. The first kappa shape index (κ1) is 20.3. The van der Waals surface area contributed by atoms with Crippen molar-refractivity contribution in [1.82, 2.24) is 5.32 Å². The molecule has 0 bridgehead atoms. The molecule has 0 aromatic heterocycles. The van der Waals surface area contributed by atoms with E-state index in [9.17, 15) is 14.0 Å². The number of methoxy groups -OCH3 is 2. The lowest BCUT2D eigenvalue weighted by atomic mass is 9.78. The van der Waals surface area contributed by atoms with Crippen LogP contribution in [0, 0.1) is 11.2 Å². The molecule has 1 heterocycles. The normalized spacial score (nSPS) is 16.0. The zero-order chi connectivity index (χ0) is 16.9. The summed E-state index contributed by atoms with van der Waals surface area (Å²) in [5, 5.41) is 5.78. The summed E-state index contributed by atoms with van der Waals surface area (Å²) < 4.78 is 23.8. The summed E-state index contributed by atoms with van der Waals surface area (Å²) >= 11 is 0. The van der Waals surface area contributed by atoms with E-state index in [1.807, 2.05) is 0 Å². The summed E-state index contributed by atoms with van der Waals surface area (Å²) in [5.41, 5.74) is -0.560. The smallest absolute Gasteiger partial charge is 0.337 e. The Bertz CT molecular complexity index is 586. The third kappa shape index (κ3) is 4.43. The molecule has 1 amide bonds. The second-order valence-electron chi connectivity index (χ2n) is 5.60. The van der Waals surface area contributed by atoms with E-state index >= 15 is 0 Å². The van der Waals surface area contributed by atoms with Crippen LogP contribution in [-0.2, 0) is 14.3 Å². The van der Waals surface area contributed by atoms with Gasteiger partial charge in [0.2, 0.25) is 5.91 Å². The number of esters is 1. The van der Waals surface area contributed by atoms with E-state index in [1.54, 1.807) is 0 Å². The molecule has 1 aromatic carbocycles. The van der Waals surface area contributed by atoms with Gasteiger partial charge in [0.05, 0.1) is 30.4 Å². The number of hydrogen-bond acceptors (Lipinski definition) is 5. The summed E-state index contributed by atoms with van der Waals surface area (Å²) in [6, 6.07) is 3.72. The van der Waals surface area contributed by atoms with Gasteiger partial charge in [-0.1, -0.05) is 0 Å². The number of ether oxygens (including phenoxy) is 2. The lowest BCUT2D eigenvalue weighted by molar-refractivity contribution is -0.130. The Balaban J connectivity index is 0.00000288. The van der Waals surface area contributed by atoms with Gasteiger partial charge in [0, 0.05) is 7.11 Å². The molecule has 8 heteroatoms. The van der Waals surface area contributed by atoms with Gasteiger partial charge in [-0.3, -0.25) is 4.79 Å². The fourth-order valence-corrected chi connectivity index (χ4v) is 2.74. The largest absolute Gasteiger partial charge is 0.465 e. The summed E-state index contributed by atoms with van der Waals surface area (Å²) in [5.74, 6) is -1.50. The molecule has 0 saturated carbocycles. The van der Waals surface area contributed by atoms with E-state index in [-0.39, 0.29) is 36.2 Å². The van der Waals surface area contributed by atoms with Crippen LogP contribution in [-0.4, -0.2) is 45.8 Å². The van der Waals surface area contributed by atoms with Crippen LogP contribution in [0.3, 0.4) is 0 Å². The van der Waals surface area contributed by atoms with Crippen LogP contribution >= 0.6 is 12.4 Å². The lowest BCUT2D eigenvalue weighted by Gasteiger charge is -2.35. The fourth-order valence-electron chi connectivity index (χ4n) is 2.74. The van der Waals surface area contributed by atoms with Crippen molar-refractivity contribution >= 4 is 30.0 Å². The number of benzene rings is 1. The number of anilines is 1. The number of carbonyl (C=O) groups excluding carboxylic acids is 2. The summed E-state index contributed by atoms with van der Waals surface area (Å²) in [6.07, 6.45) is 1.20. The average molecular weight is 361 g/mol. The molecular formula is C16H22ClFN2O4. The Morgan fingerprint density at radius 1 is 1.29 bits per heavy atom. The number of piperidine rings is 1. The molecule has 6 nitrogen and oxygen atoms in total. The van der Waals surface area contributed by atoms with Crippen molar-refractivity contribution in [1.29, 1.82) is 0 Å². The predicted octanol–water partition coefficient (Wildman–Crippen LogP) is 1.99. The maximum Gasteiger partial charge on any atom is 0.337 e. The van der Waals surface area contributed by atoms with Gasteiger partial charge >= 0.3 is 5.97 Å². The van der Waals surface area contributed by atoms with E-state index in [2.05, 4.69) is 15.4 Å². The lowest BCUT2D eigenvalue weighted by Crippen LogP contribution is -2.47. The quantitative estimate of drug-likeness (QED) is 0.785. The molecule has 0 atom stereocenters. The number of carbonyl (C=O) groups is 2.